The summed E-state index contributed by atoms with van der Waals surface area (Å²) in [5.41, 5.74) is 0. The monoisotopic (exact) mass is 390 g/mol. The number of aliphatic hydroxyl groups is 1. The Balaban J connectivity index is 1.57. The van der Waals surface area contributed by atoms with Crippen molar-refractivity contribution in [3.05, 3.63) is 12.2 Å². The first-order chi connectivity index (χ1) is 13.6. The molecule has 4 atom stereocenters. The normalized spacial score (nSPS) is 24.3. The molecule has 28 heavy (non-hydrogen) atoms. The summed E-state index contributed by atoms with van der Waals surface area (Å²) in [5, 5.41) is 10.6. The minimum atomic E-state index is -0.268. The minimum absolute atomic E-state index is 0.268. The van der Waals surface area contributed by atoms with Gasteiger partial charge in [0.25, 0.3) is 0 Å². The van der Waals surface area contributed by atoms with Crippen molar-refractivity contribution in [3.63, 3.8) is 0 Å². The lowest BCUT2D eigenvalue weighted by Crippen LogP contribution is -2.23. The van der Waals surface area contributed by atoms with Gasteiger partial charge in [-0.2, -0.15) is 0 Å². The number of hydrogen-bond acceptors (Lipinski definition) is 1. The molecule has 2 fully saturated rings. The molecule has 0 aromatic rings. The first-order valence-corrected chi connectivity index (χ1v) is 12.9. The van der Waals surface area contributed by atoms with E-state index < -0.39 is 0 Å². The van der Waals surface area contributed by atoms with Crippen molar-refractivity contribution < 1.29 is 5.11 Å². The van der Waals surface area contributed by atoms with E-state index in [1.165, 1.54) is 96.3 Å². The van der Waals surface area contributed by atoms with E-state index in [9.17, 15) is 5.11 Å². The largest absolute Gasteiger partial charge is 0.389 e. The van der Waals surface area contributed by atoms with Crippen LogP contribution in [0, 0.1) is 29.6 Å². The molecule has 2 aliphatic carbocycles. The van der Waals surface area contributed by atoms with E-state index in [4.69, 9.17) is 0 Å². The quantitative estimate of drug-likeness (QED) is 0.332. The fraction of sp³-hybridized carbons (Fsp3) is 0.926. The van der Waals surface area contributed by atoms with Crippen LogP contribution in [0.15, 0.2) is 12.2 Å². The van der Waals surface area contributed by atoms with E-state index in [-0.39, 0.29) is 6.10 Å². The average molecular weight is 391 g/mol. The van der Waals surface area contributed by atoms with E-state index in [0.29, 0.717) is 11.8 Å². The molecule has 0 aliphatic heterocycles. The van der Waals surface area contributed by atoms with Gasteiger partial charge in [0.05, 0.1) is 6.10 Å². The van der Waals surface area contributed by atoms with Crippen LogP contribution in [0.5, 0.6) is 0 Å². The predicted molar refractivity (Wildman–Crippen MR) is 123 cm³/mol. The summed E-state index contributed by atoms with van der Waals surface area (Å²) in [6.07, 6.45) is 26.6. The Morgan fingerprint density at radius 3 is 2.00 bits per heavy atom. The van der Waals surface area contributed by atoms with E-state index in [0.717, 1.165) is 24.2 Å². The summed E-state index contributed by atoms with van der Waals surface area (Å²) < 4.78 is 0. The topological polar surface area (TPSA) is 20.2 Å². The molecule has 2 saturated carbocycles. The maximum Gasteiger partial charge on any atom is 0.0748 e. The molecule has 1 heteroatoms. The van der Waals surface area contributed by atoms with Crippen LogP contribution in [0.3, 0.4) is 0 Å². The third kappa shape index (κ3) is 9.47. The molecule has 0 radical (unpaired) electrons. The zero-order valence-corrected chi connectivity index (χ0v) is 19.4. The molecule has 0 amide bonds. The molecule has 0 aromatic heterocycles. The molecule has 1 N–H and O–H groups in total. The molecule has 0 spiro atoms. The lowest BCUT2D eigenvalue weighted by atomic mass is 9.81. The average Bonchev–Trinajstić information content (AvgIpc) is 2.72. The molecular weight excluding hydrogens is 340 g/mol. The molecule has 2 aliphatic rings. The maximum atomic E-state index is 10.6. The van der Waals surface area contributed by atoms with Crippen LogP contribution >= 0.6 is 0 Å². The van der Waals surface area contributed by atoms with Crippen LogP contribution in [-0.2, 0) is 0 Å². The first-order valence-electron chi connectivity index (χ1n) is 12.9. The number of hydrogen-bond donors (Lipinski definition) is 1. The SMILES string of the molecule is CC(CCCC1CCCCC1)CC(C)C(C)[C@H](O)/C=C/CCC1CCCCC1. The van der Waals surface area contributed by atoms with E-state index in [1.54, 1.807) is 0 Å². The number of allylic oxidation sites excluding steroid dienone is 1. The van der Waals surface area contributed by atoms with Crippen LogP contribution in [-0.4, -0.2) is 11.2 Å². The van der Waals surface area contributed by atoms with Gasteiger partial charge in [0, 0.05) is 0 Å². The molecule has 1 nitrogen and oxygen atoms in total. The molecule has 0 bridgehead atoms. The summed E-state index contributed by atoms with van der Waals surface area (Å²) in [7, 11) is 0. The van der Waals surface area contributed by atoms with Gasteiger partial charge >= 0.3 is 0 Å². The Morgan fingerprint density at radius 1 is 0.821 bits per heavy atom. The Kier molecular flexibility index (Phi) is 11.8. The fourth-order valence-corrected chi connectivity index (χ4v) is 5.75. The Morgan fingerprint density at radius 2 is 1.39 bits per heavy atom. The number of aliphatic hydroxyl groups excluding tert-OH is 1. The van der Waals surface area contributed by atoms with Gasteiger partial charge in [0.15, 0.2) is 0 Å². The van der Waals surface area contributed by atoms with Crippen molar-refractivity contribution in [1.82, 2.24) is 0 Å². The second-order valence-electron chi connectivity index (χ2n) is 10.6. The van der Waals surface area contributed by atoms with Crippen LogP contribution < -0.4 is 0 Å². The Hall–Kier alpha value is -0.300. The van der Waals surface area contributed by atoms with Gasteiger partial charge in [-0.1, -0.05) is 116 Å². The van der Waals surface area contributed by atoms with Crippen molar-refractivity contribution in [2.75, 3.05) is 0 Å². The second-order valence-corrected chi connectivity index (χ2v) is 10.6. The molecular formula is C27H50O. The van der Waals surface area contributed by atoms with Gasteiger partial charge in [0.2, 0.25) is 0 Å². The van der Waals surface area contributed by atoms with Gasteiger partial charge in [-0.3, -0.25) is 0 Å². The summed E-state index contributed by atoms with van der Waals surface area (Å²) >= 11 is 0. The van der Waals surface area contributed by atoms with Gasteiger partial charge in [-0.15, -0.1) is 0 Å². The Labute approximate surface area is 176 Å². The number of rotatable bonds is 12. The van der Waals surface area contributed by atoms with Gasteiger partial charge in [0.1, 0.15) is 0 Å². The first kappa shape index (κ1) is 24.0. The Bertz CT molecular complexity index is 402. The van der Waals surface area contributed by atoms with E-state index in [2.05, 4.69) is 32.9 Å². The van der Waals surface area contributed by atoms with Crippen LogP contribution in [0.25, 0.3) is 0 Å². The molecule has 3 unspecified atom stereocenters. The summed E-state index contributed by atoms with van der Waals surface area (Å²) in [5.74, 6) is 3.73. The summed E-state index contributed by atoms with van der Waals surface area (Å²) in [6.45, 7) is 7.02. The molecule has 0 aromatic carbocycles. The lowest BCUT2D eigenvalue weighted by molar-refractivity contribution is 0.117. The van der Waals surface area contributed by atoms with Crippen molar-refractivity contribution in [2.45, 2.75) is 130 Å². The van der Waals surface area contributed by atoms with Gasteiger partial charge in [-0.05, 0) is 48.9 Å². The predicted octanol–water partition coefficient (Wildman–Crippen LogP) is 8.31. The molecule has 2 rings (SSSR count). The smallest absolute Gasteiger partial charge is 0.0748 e. The minimum Gasteiger partial charge on any atom is -0.389 e. The molecule has 0 heterocycles. The molecule has 164 valence electrons. The van der Waals surface area contributed by atoms with E-state index in [1.807, 2.05) is 0 Å². The fourth-order valence-electron chi connectivity index (χ4n) is 5.75. The van der Waals surface area contributed by atoms with Crippen LogP contribution in [0.4, 0.5) is 0 Å². The van der Waals surface area contributed by atoms with Crippen molar-refractivity contribution >= 4 is 0 Å². The second kappa shape index (κ2) is 13.8. The lowest BCUT2D eigenvalue weighted by Gasteiger charge is -2.26. The van der Waals surface area contributed by atoms with Crippen molar-refractivity contribution in [1.29, 1.82) is 0 Å². The highest BCUT2D eigenvalue weighted by Gasteiger charge is 2.21. The third-order valence-electron chi connectivity index (χ3n) is 8.04. The van der Waals surface area contributed by atoms with Gasteiger partial charge < -0.3 is 5.11 Å². The van der Waals surface area contributed by atoms with Crippen LogP contribution in [0.1, 0.15) is 124 Å². The van der Waals surface area contributed by atoms with E-state index >= 15 is 0 Å². The zero-order chi connectivity index (χ0) is 20.2. The van der Waals surface area contributed by atoms with Gasteiger partial charge in [-0.25, -0.2) is 0 Å². The molecule has 0 saturated heterocycles. The highest BCUT2D eigenvalue weighted by molar-refractivity contribution is 4.92. The summed E-state index contributed by atoms with van der Waals surface area (Å²) in [6, 6.07) is 0. The van der Waals surface area contributed by atoms with Crippen LogP contribution in [0.2, 0.25) is 0 Å². The highest BCUT2D eigenvalue weighted by Crippen LogP contribution is 2.31. The standard InChI is InChI=1S/C27H50O/c1-22(13-12-19-26-16-8-5-9-17-26)21-23(2)24(3)27(28)20-11-10-18-25-14-6-4-7-15-25/h11,20,22-28H,4-10,12-19,21H2,1-3H3/b20-11+/t22?,23?,24?,27-/m1/s1. The maximum absolute atomic E-state index is 10.6. The van der Waals surface area contributed by atoms with Crippen molar-refractivity contribution in [3.8, 4) is 0 Å². The zero-order valence-electron chi connectivity index (χ0n) is 19.4. The summed E-state index contributed by atoms with van der Waals surface area (Å²) in [4.78, 5) is 0. The highest BCUT2D eigenvalue weighted by atomic mass is 16.3. The third-order valence-corrected chi connectivity index (χ3v) is 8.04. The van der Waals surface area contributed by atoms with Crippen molar-refractivity contribution in [2.24, 2.45) is 29.6 Å².